The minimum atomic E-state index is -0.711. The van der Waals surface area contributed by atoms with E-state index in [0.717, 1.165) is 19.5 Å². The Balaban J connectivity index is -0.000000163. The lowest BCUT2D eigenvalue weighted by Crippen LogP contribution is -2.16. The number of primary amides is 1. The smallest absolute Gasteiger partial charge is 0.404 e. The molecule has 0 unspecified atom stereocenters. The Morgan fingerprint density at radius 1 is 1.43 bits per heavy atom. The van der Waals surface area contributed by atoms with E-state index in [2.05, 4.69) is 29.5 Å². The topological polar surface area (TPSA) is 81.6 Å². The van der Waals surface area contributed by atoms with Gasteiger partial charge in [-0.15, -0.1) is 12.4 Å². The fraction of sp³-hybridized carbons (Fsp3) is 0.875. The molecular formula is C8H22ClN3O2. The molecule has 0 saturated carbocycles. The van der Waals surface area contributed by atoms with Crippen LogP contribution in [0.15, 0.2) is 0 Å². The van der Waals surface area contributed by atoms with Crippen molar-refractivity contribution in [3.8, 4) is 0 Å². The van der Waals surface area contributed by atoms with Crippen molar-refractivity contribution in [1.82, 2.24) is 4.90 Å². The Morgan fingerprint density at radius 2 is 1.93 bits per heavy atom. The van der Waals surface area contributed by atoms with Crippen molar-refractivity contribution in [2.24, 2.45) is 11.5 Å². The Kier molecular flexibility index (Phi) is 20.4. The third kappa shape index (κ3) is 30.0. The summed E-state index contributed by atoms with van der Waals surface area (Å²) in [5, 5.41) is 0. The lowest BCUT2D eigenvalue weighted by Gasteiger charge is -2.05. The van der Waals surface area contributed by atoms with Crippen molar-refractivity contribution >= 4 is 18.5 Å². The molecule has 0 radical (unpaired) electrons. The molecule has 0 aromatic rings. The van der Waals surface area contributed by atoms with Crippen molar-refractivity contribution in [2.75, 3.05) is 33.8 Å². The van der Waals surface area contributed by atoms with Gasteiger partial charge in [-0.05, 0) is 40.5 Å². The molecule has 4 N–H and O–H groups in total. The third-order valence-corrected chi connectivity index (χ3v) is 1.10. The summed E-state index contributed by atoms with van der Waals surface area (Å²) in [6, 6.07) is 0. The van der Waals surface area contributed by atoms with Crippen LogP contribution in [0.4, 0.5) is 4.79 Å². The lowest BCUT2D eigenvalue weighted by atomic mass is 10.4. The number of hydrogen-bond acceptors (Lipinski definition) is 4. The number of nitrogens with zero attached hydrogens (tertiary/aromatic N) is 1. The van der Waals surface area contributed by atoms with Crippen LogP contribution in [0.25, 0.3) is 0 Å². The summed E-state index contributed by atoms with van der Waals surface area (Å²) in [4.78, 5) is 11.7. The molecular weight excluding hydrogens is 206 g/mol. The van der Waals surface area contributed by atoms with Crippen LogP contribution in [0.1, 0.15) is 13.3 Å². The minimum Gasteiger partial charge on any atom is -0.450 e. The van der Waals surface area contributed by atoms with Crippen molar-refractivity contribution in [1.29, 1.82) is 0 Å². The fourth-order valence-electron chi connectivity index (χ4n) is 0.550. The van der Waals surface area contributed by atoms with Crippen molar-refractivity contribution in [3.63, 3.8) is 0 Å². The van der Waals surface area contributed by atoms with E-state index in [0.29, 0.717) is 6.61 Å². The van der Waals surface area contributed by atoms with E-state index in [9.17, 15) is 4.79 Å². The monoisotopic (exact) mass is 227 g/mol. The molecule has 1 amide bonds. The molecule has 14 heavy (non-hydrogen) atoms. The molecule has 0 aliphatic rings. The second-order valence-electron chi connectivity index (χ2n) is 2.70. The van der Waals surface area contributed by atoms with Crippen molar-refractivity contribution < 1.29 is 9.53 Å². The zero-order valence-electron chi connectivity index (χ0n) is 9.16. The molecule has 0 aromatic carbocycles. The van der Waals surface area contributed by atoms with Crippen molar-refractivity contribution in [3.05, 3.63) is 0 Å². The number of ether oxygens (including phenoxy) is 1. The van der Waals surface area contributed by atoms with Gasteiger partial charge in [-0.2, -0.15) is 0 Å². The van der Waals surface area contributed by atoms with E-state index in [1.807, 2.05) is 0 Å². The molecule has 0 fully saturated rings. The highest BCUT2D eigenvalue weighted by Crippen LogP contribution is 1.76. The third-order valence-electron chi connectivity index (χ3n) is 1.10. The van der Waals surface area contributed by atoms with Gasteiger partial charge in [0, 0.05) is 0 Å². The van der Waals surface area contributed by atoms with Gasteiger partial charge in [0.25, 0.3) is 0 Å². The van der Waals surface area contributed by atoms with Crippen LogP contribution in [0.2, 0.25) is 0 Å². The first-order valence-corrected chi connectivity index (χ1v) is 4.31. The number of hydrogen-bond donors (Lipinski definition) is 2. The first-order valence-electron chi connectivity index (χ1n) is 4.31. The predicted octanol–water partition coefficient (Wildman–Crippen LogP) is 0.420. The minimum absolute atomic E-state index is 0. The summed E-state index contributed by atoms with van der Waals surface area (Å²) >= 11 is 0. The summed E-state index contributed by atoms with van der Waals surface area (Å²) in [5.74, 6) is 0. The molecule has 6 heteroatoms. The molecule has 88 valence electrons. The molecule has 0 saturated heterocycles. The van der Waals surface area contributed by atoms with Gasteiger partial charge in [-0.3, -0.25) is 0 Å². The number of nitrogens with two attached hydrogens (primary N) is 2. The zero-order chi connectivity index (χ0) is 10.7. The van der Waals surface area contributed by atoms with E-state index >= 15 is 0 Å². The Hall–Kier alpha value is -0.520. The van der Waals surface area contributed by atoms with Gasteiger partial charge >= 0.3 is 6.09 Å². The maximum absolute atomic E-state index is 9.60. The summed E-state index contributed by atoms with van der Waals surface area (Å²) in [6.07, 6.45) is 0.394. The van der Waals surface area contributed by atoms with Gasteiger partial charge in [0.1, 0.15) is 0 Å². The number of carbonyl (C=O) groups is 1. The Morgan fingerprint density at radius 3 is 2.00 bits per heavy atom. The molecule has 0 spiro atoms. The SMILES string of the molecule is CCOC(N)=O.CN(C)CCCN.Cl. The fourth-order valence-corrected chi connectivity index (χ4v) is 0.550. The quantitative estimate of drug-likeness (QED) is 0.730. The van der Waals surface area contributed by atoms with E-state index in [1.54, 1.807) is 6.92 Å². The molecule has 0 bridgehead atoms. The van der Waals surface area contributed by atoms with E-state index in [1.165, 1.54) is 0 Å². The molecule has 0 aromatic heterocycles. The zero-order valence-corrected chi connectivity index (χ0v) is 9.97. The van der Waals surface area contributed by atoms with Gasteiger partial charge in [0.2, 0.25) is 0 Å². The molecule has 0 aliphatic carbocycles. The largest absolute Gasteiger partial charge is 0.450 e. The standard InChI is InChI=1S/C5H14N2.C3H7NO2.ClH/c1-7(2)5-3-4-6;1-2-6-3(4)5;/h3-6H2,1-2H3;2H2,1H3,(H2,4,5);1H. The van der Waals surface area contributed by atoms with Crippen LogP contribution >= 0.6 is 12.4 Å². The highest BCUT2D eigenvalue weighted by atomic mass is 35.5. The second kappa shape index (κ2) is 15.0. The molecule has 0 aliphatic heterocycles. The summed E-state index contributed by atoms with van der Waals surface area (Å²) < 4.78 is 4.18. The normalized spacial score (nSPS) is 8.36. The van der Waals surface area contributed by atoms with Crippen LogP contribution in [-0.4, -0.2) is 44.8 Å². The lowest BCUT2D eigenvalue weighted by molar-refractivity contribution is 0.163. The van der Waals surface area contributed by atoms with Gasteiger partial charge < -0.3 is 21.1 Å². The number of rotatable bonds is 4. The average Bonchev–Trinajstić information content (AvgIpc) is 2.01. The first-order chi connectivity index (χ1) is 6.04. The van der Waals surface area contributed by atoms with Gasteiger partial charge in [-0.25, -0.2) is 4.79 Å². The summed E-state index contributed by atoms with van der Waals surface area (Å²) in [5.41, 5.74) is 9.79. The molecule has 5 nitrogen and oxygen atoms in total. The Labute approximate surface area is 92.2 Å². The number of amides is 1. The second-order valence-corrected chi connectivity index (χ2v) is 2.70. The van der Waals surface area contributed by atoms with Crippen LogP contribution in [0, 0.1) is 0 Å². The summed E-state index contributed by atoms with van der Waals surface area (Å²) in [6.45, 7) is 3.97. The maximum atomic E-state index is 9.60. The highest BCUT2D eigenvalue weighted by Gasteiger charge is 1.84. The van der Waals surface area contributed by atoms with Crippen LogP contribution in [0.5, 0.6) is 0 Å². The van der Waals surface area contributed by atoms with Gasteiger partial charge in [0.05, 0.1) is 6.61 Å². The van der Waals surface area contributed by atoms with E-state index in [-0.39, 0.29) is 12.4 Å². The molecule has 0 heterocycles. The predicted molar refractivity (Wildman–Crippen MR) is 60.7 cm³/mol. The van der Waals surface area contributed by atoms with Crippen LogP contribution in [0.3, 0.4) is 0 Å². The molecule has 0 rings (SSSR count). The summed E-state index contributed by atoms with van der Waals surface area (Å²) in [7, 11) is 4.10. The number of carbonyl (C=O) groups excluding carboxylic acids is 1. The Bertz CT molecular complexity index is 123. The van der Waals surface area contributed by atoms with Gasteiger partial charge in [0.15, 0.2) is 0 Å². The van der Waals surface area contributed by atoms with Crippen LogP contribution < -0.4 is 11.5 Å². The van der Waals surface area contributed by atoms with Gasteiger partial charge in [-0.1, -0.05) is 0 Å². The van der Waals surface area contributed by atoms with Crippen LogP contribution in [-0.2, 0) is 4.74 Å². The average molecular weight is 228 g/mol. The number of halogens is 1. The first kappa shape index (κ1) is 19.1. The van der Waals surface area contributed by atoms with E-state index in [4.69, 9.17) is 5.73 Å². The van der Waals surface area contributed by atoms with Crippen molar-refractivity contribution in [2.45, 2.75) is 13.3 Å². The maximum Gasteiger partial charge on any atom is 0.404 e. The van der Waals surface area contributed by atoms with E-state index < -0.39 is 6.09 Å². The highest BCUT2D eigenvalue weighted by molar-refractivity contribution is 5.85. The molecule has 0 atom stereocenters.